The normalized spacial score (nSPS) is 13.6. The highest BCUT2D eigenvalue weighted by Gasteiger charge is 2.22. The van der Waals surface area contributed by atoms with E-state index in [1.54, 1.807) is 18.5 Å². The lowest BCUT2D eigenvalue weighted by atomic mass is 10.1. The summed E-state index contributed by atoms with van der Waals surface area (Å²) in [5, 5.41) is 6.95. The lowest BCUT2D eigenvalue weighted by molar-refractivity contribution is -0.498. The number of piperidine rings is 1. The Balaban J connectivity index is 0.00000116. The number of allylic oxidation sites excluding steroid dienone is 4. The molecule has 1 aliphatic rings. The quantitative estimate of drug-likeness (QED) is 0.136. The van der Waals surface area contributed by atoms with Gasteiger partial charge in [-0.15, -0.1) is 6.58 Å². The van der Waals surface area contributed by atoms with Gasteiger partial charge in [0.05, 0.1) is 11.6 Å². The van der Waals surface area contributed by atoms with Crippen molar-refractivity contribution in [2.24, 2.45) is 0 Å². The Morgan fingerprint density at radius 3 is 2.55 bits per heavy atom. The molecule has 3 aromatic rings. The number of hydrogen-bond acceptors (Lipinski definition) is 5. The van der Waals surface area contributed by atoms with Crippen molar-refractivity contribution in [1.29, 1.82) is 0 Å². The number of nitrogens with zero attached hydrogens (tertiary/aromatic N) is 2. The molecule has 1 aliphatic heterocycles. The van der Waals surface area contributed by atoms with Crippen molar-refractivity contribution >= 4 is 52.4 Å². The molecule has 0 spiro atoms. The molecule has 2 aromatic carbocycles. The van der Waals surface area contributed by atoms with Crippen LogP contribution in [0.25, 0.3) is 10.8 Å². The van der Waals surface area contributed by atoms with Gasteiger partial charge in [-0.3, -0.25) is 14.9 Å². The van der Waals surface area contributed by atoms with E-state index in [0.717, 1.165) is 48.1 Å². The minimum atomic E-state index is -0.635. The van der Waals surface area contributed by atoms with Crippen molar-refractivity contribution in [3.63, 3.8) is 0 Å². The van der Waals surface area contributed by atoms with Crippen LogP contribution >= 0.6 is 12.6 Å². The Labute approximate surface area is 256 Å². The fraction of sp³-hybridized carbons (Fsp3) is 0.324. The number of nitrogens with two attached hydrogens (primary N) is 1. The number of nitrogens with one attached hydrogen (secondary N) is 1. The number of thiol groups is 1. The van der Waals surface area contributed by atoms with Crippen LogP contribution < -0.4 is 20.3 Å². The molecule has 4 rings (SSSR count). The first-order valence-corrected chi connectivity index (χ1v) is 15.3. The number of anilines is 2. The molecule has 8 heteroatoms. The predicted molar refractivity (Wildman–Crippen MR) is 179 cm³/mol. The zero-order valence-corrected chi connectivity index (χ0v) is 26.1. The molecule has 1 saturated heterocycles. The third-order valence-electron chi connectivity index (χ3n) is 6.33. The van der Waals surface area contributed by atoms with E-state index in [4.69, 9.17) is 4.74 Å². The highest BCUT2D eigenvalue weighted by Crippen LogP contribution is 2.26. The molecule has 224 valence electrons. The number of carbonyl (C=O) groups excluding carboxylic acids is 2. The molecule has 1 atom stereocenters. The SMILES string of the molecule is C/C=C\C=C/[NH2+]c1nccc2ccc(OC(CCC)C(=O)Nc3ccc(N4CCCCC4=O)cc3)cc12.C=CC.CS. The van der Waals surface area contributed by atoms with Gasteiger partial charge in [-0.1, -0.05) is 37.6 Å². The number of hydrogen-bond donors (Lipinski definition) is 3. The second-order valence-electron chi connectivity index (χ2n) is 9.50. The molecule has 0 bridgehead atoms. The molecule has 1 fully saturated rings. The largest absolute Gasteiger partial charge is 0.481 e. The van der Waals surface area contributed by atoms with E-state index in [-0.39, 0.29) is 11.8 Å². The summed E-state index contributed by atoms with van der Waals surface area (Å²) in [7, 11) is 0. The maximum Gasteiger partial charge on any atom is 0.265 e. The fourth-order valence-electron chi connectivity index (χ4n) is 4.39. The van der Waals surface area contributed by atoms with Crippen LogP contribution in [0.4, 0.5) is 17.2 Å². The lowest BCUT2D eigenvalue weighted by Crippen LogP contribution is -2.71. The minimum Gasteiger partial charge on any atom is -0.481 e. The number of ether oxygens (including phenoxy) is 1. The monoisotopic (exact) mass is 589 g/mol. The van der Waals surface area contributed by atoms with Gasteiger partial charge in [-0.05, 0) is 93.3 Å². The minimum absolute atomic E-state index is 0.152. The average molecular weight is 590 g/mol. The van der Waals surface area contributed by atoms with E-state index < -0.39 is 6.10 Å². The number of rotatable bonds is 10. The van der Waals surface area contributed by atoms with Gasteiger partial charge in [0, 0.05) is 30.5 Å². The Morgan fingerprint density at radius 1 is 1.14 bits per heavy atom. The summed E-state index contributed by atoms with van der Waals surface area (Å²) in [5.41, 5.74) is 1.54. The molecule has 7 nitrogen and oxygen atoms in total. The molecule has 1 aromatic heterocycles. The van der Waals surface area contributed by atoms with Crippen LogP contribution in [0.3, 0.4) is 0 Å². The van der Waals surface area contributed by atoms with Crippen LogP contribution in [-0.4, -0.2) is 35.7 Å². The second-order valence-corrected chi connectivity index (χ2v) is 9.50. The highest BCUT2D eigenvalue weighted by atomic mass is 32.1. The van der Waals surface area contributed by atoms with Gasteiger partial charge in [0.15, 0.2) is 6.10 Å². The molecular formula is C34H45N4O3S+. The highest BCUT2D eigenvalue weighted by molar-refractivity contribution is 7.79. The van der Waals surface area contributed by atoms with Crippen molar-refractivity contribution in [2.75, 3.05) is 23.0 Å². The van der Waals surface area contributed by atoms with Crippen LogP contribution in [0.1, 0.15) is 52.9 Å². The molecule has 2 heterocycles. The van der Waals surface area contributed by atoms with Gasteiger partial charge >= 0.3 is 0 Å². The number of benzene rings is 2. The van der Waals surface area contributed by atoms with Crippen molar-refractivity contribution in [3.8, 4) is 5.75 Å². The first-order chi connectivity index (χ1) is 20.5. The molecule has 0 radical (unpaired) electrons. The maximum absolute atomic E-state index is 13.1. The maximum atomic E-state index is 13.1. The summed E-state index contributed by atoms with van der Waals surface area (Å²) in [4.78, 5) is 31.7. The first-order valence-electron chi connectivity index (χ1n) is 14.4. The zero-order chi connectivity index (χ0) is 30.7. The van der Waals surface area contributed by atoms with Gasteiger partial charge < -0.3 is 15.0 Å². The van der Waals surface area contributed by atoms with Crippen molar-refractivity contribution in [2.45, 2.75) is 59.0 Å². The van der Waals surface area contributed by atoms with Crippen LogP contribution in [0.5, 0.6) is 5.75 Å². The fourth-order valence-corrected chi connectivity index (χ4v) is 4.39. The van der Waals surface area contributed by atoms with Gasteiger partial charge in [0.25, 0.3) is 5.91 Å². The van der Waals surface area contributed by atoms with Crippen LogP contribution in [0.15, 0.2) is 91.8 Å². The van der Waals surface area contributed by atoms with Crippen LogP contribution in [0.2, 0.25) is 0 Å². The molecular weight excluding hydrogens is 544 g/mol. The smallest absolute Gasteiger partial charge is 0.265 e. The van der Waals surface area contributed by atoms with E-state index in [9.17, 15) is 9.59 Å². The van der Waals surface area contributed by atoms with E-state index in [2.05, 4.69) is 29.5 Å². The number of pyridine rings is 1. The molecule has 0 saturated carbocycles. The van der Waals surface area contributed by atoms with E-state index in [1.807, 2.05) is 104 Å². The summed E-state index contributed by atoms with van der Waals surface area (Å²) in [6, 6.07) is 15.2. The predicted octanol–water partition coefficient (Wildman–Crippen LogP) is 6.96. The summed E-state index contributed by atoms with van der Waals surface area (Å²) < 4.78 is 6.19. The summed E-state index contributed by atoms with van der Waals surface area (Å²) in [6.07, 6.45) is 16.4. The molecule has 2 amide bonds. The molecule has 1 unspecified atom stereocenters. The average Bonchev–Trinajstić information content (AvgIpc) is 3.01. The van der Waals surface area contributed by atoms with Crippen molar-refractivity contribution in [3.05, 3.63) is 91.8 Å². The molecule has 3 N–H and O–H groups in total. The first kappa shape index (κ1) is 34.3. The summed E-state index contributed by atoms with van der Waals surface area (Å²) >= 11 is 3.53. The van der Waals surface area contributed by atoms with E-state index in [1.165, 1.54) is 0 Å². The van der Waals surface area contributed by atoms with Gasteiger partial charge in [0.2, 0.25) is 11.7 Å². The molecule has 42 heavy (non-hydrogen) atoms. The number of carbonyl (C=O) groups is 2. The van der Waals surface area contributed by atoms with E-state index in [0.29, 0.717) is 24.3 Å². The Bertz CT molecular complexity index is 1340. The Morgan fingerprint density at radius 2 is 1.88 bits per heavy atom. The second kappa shape index (κ2) is 19.3. The Hall–Kier alpha value is -3.88. The van der Waals surface area contributed by atoms with E-state index >= 15 is 0 Å². The number of fused-ring (bicyclic) bond motifs is 1. The number of quaternary nitrogens is 1. The number of aromatic nitrogens is 1. The summed E-state index contributed by atoms with van der Waals surface area (Å²) in [5.74, 6) is 1.42. The Kier molecular flexibility index (Phi) is 15.8. The van der Waals surface area contributed by atoms with Crippen molar-refractivity contribution < 1.29 is 19.6 Å². The van der Waals surface area contributed by atoms with Crippen LogP contribution in [-0.2, 0) is 9.59 Å². The third-order valence-corrected chi connectivity index (χ3v) is 6.33. The third kappa shape index (κ3) is 10.5. The van der Waals surface area contributed by atoms with Gasteiger partial charge in [-0.2, -0.15) is 12.6 Å². The number of amides is 2. The summed E-state index contributed by atoms with van der Waals surface area (Å²) in [6.45, 7) is 9.99. The van der Waals surface area contributed by atoms with Crippen LogP contribution in [0, 0.1) is 0 Å². The topological polar surface area (TPSA) is 88.1 Å². The standard InChI is InChI=1S/C30H34N4O3.C3H6.CH4S/c1-3-5-7-18-31-29-26-21-25(16-11-22(26)17-19-32-29)37-27(9-4-2)30(36)33-23-12-14-24(15-13-23)34-20-8-6-10-28(34)35;1-3-2;1-2/h3,5,7,11-19,21,27H,4,6,8-10,20H2,1-2H3,(H,31,32)(H,33,36);3H,1H2,2H3;2H,1H3/p+1/b5-3-,18-7-;;. The van der Waals surface area contributed by atoms with Gasteiger partial charge in [0.1, 0.15) is 5.75 Å². The zero-order valence-electron chi connectivity index (χ0n) is 25.3. The lowest BCUT2D eigenvalue weighted by Gasteiger charge is -2.27. The van der Waals surface area contributed by atoms with Crippen molar-refractivity contribution in [1.82, 2.24) is 4.98 Å². The molecule has 0 aliphatic carbocycles. The van der Waals surface area contributed by atoms with Gasteiger partial charge in [-0.25, -0.2) is 4.98 Å².